The Labute approximate surface area is 155 Å². The second kappa shape index (κ2) is 8.10. The first kappa shape index (κ1) is 20.9. The van der Waals surface area contributed by atoms with E-state index in [9.17, 15) is 26.4 Å². The Kier molecular flexibility index (Phi) is 6.27. The maximum atomic E-state index is 12.7. The molecule has 0 saturated carbocycles. The molecule has 0 aliphatic heterocycles. The highest BCUT2D eigenvalue weighted by molar-refractivity contribution is 7.89. The Morgan fingerprint density at radius 1 is 1.07 bits per heavy atom. The van der Waals surface area contributed by atoms with Crippen LogP contribution in [0.3, 0.4) is 0 Å². The van der Waals surface area contributed by atoms with Crippen LogP contribution >= 0.6 is 0 Å². The summed E-state index contributed by atoms with van der Waals surface area (Å²) >= 11 is 0. The lowest BCUT2D eigenvalue weighted by molar-refractivity contribution is -0.145. The molecule has 146 valence electrons. The van der Waals surface area contributed by atoms with E-state index < -0.39 is 33.8 Å². The maximum absolute atomic E-state index is 12.7. The van der Waals surface area contributed by atoms with Crippen LogP contribution in [0.2, 0.25) is 0 Å². The molecule has 0 bridgehead atoms. The number of ether oxygens (including phenoxy) is 1. The van der Waals surface area contributed by atoms with Crippen LogP contribution in [0.25, 0.3) is 0 Å². The molecule has 2 rings (SSSR count). The van der Waals surface area contributed by atoms with Gasteiger partial charge in [0.2, 0.25) is 10.0 Å². The van der Waals surface area contributed by atoms with Gasteiger partial charge in [0.15, 0.2) is 0 Å². The van der Waals surface area contributed by atoms with E-state index in [2.05, 4.69) is 4.72 Å². The van der Waals surface area contributed by atoms with Crippen molar-refractivity contribution in [2.24, 2.45) is 0 Å². The molecule has 0 aliphatic carbocycles. The summed E-state index contributed by atoms with van der Waals surface area (Å²) in [6.07, 6.45) is -4.54. The van der Waals surface area contributed by atoms with Crippen molar-refractivity contribution in [3.63, 3.8) is 0 Å². The Balaban J connectivity index is 2.37. The quantitative estimate of drug-likeness (QED) is 0.751. The number of sulfonamides is 1. The molecule has 0 radical (unpaired) electrons. The number of nitrogens with one attached hydrogen (secondary N) is 1. The van der Waals surface area contributed by atoms with Gasteiger partial charge in [-0.1, -0.05) is 29.8 Å². The first-order valence-electron chi connectivity index (χ1n) is 7.97. The summed E-state index contributed by atoms with van der Waals surface area (Å²) in [6.45, 7) is 3.31. The van der Waals surface area contributed by atoms with Crippen LogP contribution in [-0.2, 0) is 25.7 Å². The number of benzene rings is 2. The summed E-state index contributed by atoms with van der Waals surface area (Å²) in [7, 11) is -4.10. The lowest BCUT2D eigenvalue weighted by Gasteiger charge is -2.18. The van der Waals surface area contributed by atoms with Crippen molar-refractivity contribution in [3.8, 4) is 0 Å². The van der Waals surface area contributed by atoms with Crippen molar-refractivity contribution in [1.29, 1.82) is 0 Å². The Bertz CT molecular complexity index is 892. The maximum Gasteiger partial charge on any atom is 0.416 e. The smallest absolute Gasteiger partial charge is 0.416 e. The van der Waals surface area contributed by atoms with Crippen molar-refractivity contribution in [2.75, 3.05) is 6.61 Å². The lowest BCUT2D eigenvalue weighted by Crippen LogP contribution is -2.35. The third kappa shape index (κ3) is 5.30. The van der Waals surface area contributed by atoms with Gasteiger partial charge in [0, 0.05) is 0 Å². The van der Waals surface area contributed by atoms with Crippen LogP contribution < -0.4 is 4.72 Å². The number of rotatable bonds is 6. The number of carbonyl (C=O) groups excluding carboxylic acids is 1. The van der Waals surface area contributed by atoms with E-state index >= 15 is 0 Å². The standard InChI is InChI=1S/C18H18F3NO4S/c1-3-26-17(23)16(13-6-8-14(9-7-13)18(19,20)21)22-27(24,25)15-10-4-12(2)5-11-15/h4-11,16,22H,3H2,1-2H3/t16-/m0/s1. The molecule has 0 spiro atoms. The van der Waals surface area contributed by atoms with Crippen molar-refractivity contribution in [2.45, 2.75) is 31.0 Å². The number of carbonyl (C=O) groups is 1. The van der Waals surface area contributed by atoms with Crippen molar-refractivity contribution in [1.82, 2.24) is 4.72 Å². The van der Waals surface area contributed by atoms with Gasteiger partial charge < -0.3 is 4.74 Å². The van der Waals surface area contributed by atoms with Crippen LogP contribution in [0, 0.1) is 6.92 Å². The lowest BCUT2D eigenvalue weighted by atomic mass is 10.1. The van der Waals surface area contributed by atoms with Crippen LogP contribution in [0.1, 0.15) is 29.7 Å². The molecule has 0 unspecified atom stereocenters. The minimum Gasteiger partial charge on any atom is -0.465 e. The average Bonchev–Trinajstić information content (AvgIpc) is 2.60. The molecule has 2 aromatic rings. The fourth-order valence-electron chi connectivity index (χ4n) is 2.28. The number of alkyl halides is 3. The van der Waals surface area contributed by atoms with E-state index in [-0.39, 0.29) is 17.1 Å². The van der Waals surface area contributed by atoms with Gasteiger partial charge in [0.25, 0.3) is 0 Å². The van der Waals surface area contributed by atoms with E-state index in [0.717, 1.165) is 29.8 Å². The van der Waals surface area contributed by atoms with Crippen molar-refractivity contribution in [3.05, 3.63) is 65.2 Å². The second-order valence-corrected chi connectivity index (χ2v) is 7.45. The van der Waals surface area contributed by atoms with Crippen LogP contribution in [0.5, 0.6) is 0 Å². The summed E-state index contributed by atoms with van der Waals surface area (Å²) in [4.78, 5) is 12.1. The van der Waals surface area contributed by atoms with Gasteiger partial charge in [-0.3, -0.25) is 0 Å². The van der Waals surface area contributed by atoms with E-state index in [1.807, 2.05) is 0 Å². The molecule has 1 atom stereocenters. The average molecular weight is 401 g/mol. The summed E-state index contributed by atoms with van der Waals surface area (Å²) in [5, 5.41) is 0. The van der Waals surface area contributed by atoms with Gasteiger partial charge in [-0.2, -0.15) is 17.9 Å². The summed E-state index contributed by atoms with van der Waals surface area (Å²) in [6, 6.07) is 8.09. The highest BCUT2D eigenvalue weighted by Crippen LogP contribution is 2.30. The predicted octanol–water partition coefficient (Wildman–Crippen LogP) is 3.60. The first-order valence-corrected chi connectivity index (χ1v) is 9.45. The molecular formula is C18H18F3NO4S. The molecule has 0 fully saturated rings. The second-order valence-electron chi connectivity index (χ2n) is 5.74. The number of hydrogen-bond acceptors (Lipinski definition) is 4. The Hall–Kier alpha value is -2.39. The van der Waals surface area contributed by atoms with E-state index in [4.69, 9.17) is 4.74 Å². The first-order chi connectivity index (χ1) is 12.5. The third-order valence-corrected chi connectivity index (χ3v) is 5.14. The van der Waals surface area contributed by atoms with Crippen LogP contribution in [0.15, 0.2) is 53.4 Å². The van der Waals surface area contributed by atoms with Gasteiger partial charge in [-0.15, -0.1) is 0 Å². The van der Waals surface area contributed by atoms with E-state index in [1.165, 1.54) is 19.1 Å². The van der Waals surface area contributed by atoms with Crippen molar-refractivity contribution >= 4 is 16.0 Å². The van der Waals surface area contributed by atoms with Gasteiger partial charge in [0.1, 0.15) is 6.04 Å². The van der Waals surface area contributed by atoms with Gasteiger partial charge >= 0.3 is 12.1 Å². The molecule has 9 heteroatoms. The monoisotopic (exact) mass is 401 g/mol. The molecule has 0 aromatic heterocycles. The molecule has 1 N–H and O–H groups in total. The van der Waals surface area contributed by atoms with Gasteiger partial charge in [0.05, 0.1) is 17.1 Å². The highest BCUT2D eigenvalue weighted by Gasteiger charge is 2.32. The number of halogens is 3. The zero-order valence-electron chi connectivity index (χ0n) is 14.6. The minimum atomic E-state index is -4.54. The van der Waals surface area contributed by atoms with E-state index in [0.29, 0.717) is 0 Å². The molecule has 0 aliphatic rings. The van der Waals surface area contributed by atoms with Crippen LogP contribution in [-0.4, -0.2) is 21.0 Å². The zero-order valence-corrected chi connectivity index (χ0v) is 15.4. The number of aryl methyl sites for hydroxylation is 1. The van der Waals surface area contributed by atoms with Gasteiger partial charge in [-0.25, -0.2) is 13.2 Å². The molecule has 0 saturated heterocycles. The Morgan fingerprint density at radius 2 is 1.63 bits per heavy atom. The number of esters is 1. The molecule has 0 heterocycles. The van der Waals surface area contributed by atoms with Crippen LogP contribution in [0.4, 0.5) is 13.2 Å². The summed E-state index contributed by atoms with van der Waals surface area (Å²) in [5.74, 6) is -0.909. The SMILES string of the molecule is CCOC(=O)[C@@H](NS(=O)(=O)c1ccc(C)cc1)c1ccc(C(F)(F)F)cc1. The summed E-state index contributed by atoms with van der Waals surface area (Å²) < 4.78 is 70.4. The predicted molar refractivity (Wildman–Crippen MR) is 92.3 cm³/mol. The minimum absolute atomic E-state index is 0.0117. The molecule has 2 aromatic carbocycles. The zero-order chi connectivity index (χ0) is 20.2. The topological polar surface area (TPSA) is 72.5 Å². The Morgan fingerprint density at radius 3 is 2.11 bits per heavy atom. The normalized spacial score (nSPS) is 13.2. The van der Waals surface area contributed by atoms with E-state index in [1.54, 1.807) is 19.1 Å². The molecule has 0 amide bonds. The fraction of sp³-hybridized carbons (Fsp3) is 0.278. The molecule has 27 heavy (non-hydrogen) atoms. The fourth-order valence-corrected chi connectivity index (χ4v) is 3.46. The third-order valence-electron chi connectivity index (χ3n) is 3.70. The van der Waals surface area contributed by atoms with Crippen molar-refractivity contribution < 1.29 is 31.1 Å². The molecular weight excluding hydrogens is 383 g/mol. The van der Waals surface area contributed by atoms with Gasteiger partial charge in [-0.05, 0) is 43.7 Å². The molecule has 5 nitrogen and oxygen atoms in total. The number of hydrogen-bond donors (Lipinski definition) is 1. The summed E-state index contributed by atoms with van der Waals surface area (Å²) in [5.41, 5.74) is -0.0222. The highest BCUT2D eigenvalue weighted by atomic mass is 32.2. The largest absolute Gasteiger partial charge is 0.465 e.